The van der Waals surface area contributed by atoms with Gasteiger partial charge in [0, 0.05) is 6.54 Å². The predicted molar refractivity (Wildman–Crippen MR) is 139 cm³/mol. The largest absolute Gasteiger partial charge is 0.489 e. The van der Waals surface area contributed by atoms with E-state index >= 15 is 0 Å². The van der Waals surface area contributed by atoms with Crippen LogP contribution < -0.4 is 15.4 Å². The third kappa shape index (κ3) is 5.60. The van der Waals surface area contributed by atoms with Crippen LogP contribution in [0, 0.1) is 5.92 Å². The first-order chi connectivity index (χ1) is 17.6. The smallest absolute Gasteiger partial charge is 0.322 e. The number of aryl methyl sites for hydroxylation is 1. The molecule has 0 spiro atoms. The molecule has 2 N–H and O–H groups in total. The summed E-state index contributed by atoms with van der Waals surface area (Å²) in [6, 6.07) is 28.2. The van der Waals surface area contributed by atoms with Crippen LogP contribution in [0.15, 0.2) is 84.9 Å². The third-order valence-corrected chi connectivity index (χ3v) is 7.46. The second-order valence-corrected chi connectivity index (χ2v) is 9.84. The summed E-state index contributed by atoms with van der Waals surface area (Å²) in [6.45, 7) is 3.16. The van der Waals surface area contributed by atoms with E-state index in [1.807, 2.05) is 48.5 Å². The molecule has 0 aliphatic carbocycles. The minimum absolute atomic E-state index is 0.115. The van der Waals surface area contributed by atoms with E-state index in [-0.39, 0.29) is 17.9 Å². The van der Waals surface area contributed by atoms with Crippen LogP contribution in [-0.4, -0.2) is 35.5 Å². The van der Waals surface area contributed by atoms with Gasteiger partial charge in [-0.1, -0.05) is 72.8 Å². The summed E-state index contributed by atoms with van der Waals surface area (Å²) < 4.78 is 6.00. The number of carbonyl (C=O) groups is 2. The van der Waals surface area contributed by atoms with Gasteiger partial charge in [-0.2, -0.15) is 0 Å². The van der Waals surface area contributed by atoms with Gasteiger partial charge < -0.3 is 10.1 Å². The highest BCUT2D eigenvalue weighted by atomic mass is 16.5. The Morgan fingerprint density at radius 3 is 2.17 bits per heavy atom. The molecule has 5 rings (SSSR count). The zero-order valence-electron chi connectivity index (χ0n) is 20.5. The average molecular weight is 484 g/mol. The fraction of sp³-hybridized carbons (Fsp3) is 0.333. The van der Waals surface area contributed by atoms with Crippen LogP contribution in [0.25, 0.3) is 0 Å². The van der Waals surface area contributed by atoms with Gasteiger partial charge >= 0.3 is 6.03 Å². The SMILES string of the molecule is O=C1NC(=O)[C@@](CCc2ccccc2)(C2CCN(Cc3cccc(OCc4ccccc4)c3)CC2)N1. The number of nitrogens with one attached hydrogen (secondary N) is 2. The number of hydrogen-bond acceptors (Lipinski definition) is 4. The van der Waals surface area contributed by atoms with Crippen molar-refractivity contribution in [2.45, 2.75) is 44.4 Å². The molecular weight excluding hydrogens is 450 g/mol. The summed E-state index contributed by atoms with van der Waals surface area (Å²) in [4.78, 5) is 27.5. The highest BCUT2D eigenvalue weighted by Gasteiger charge is 2.51. The summed E-state index contributed by atoms with van der Waals surface area (Å²) in [5, 5.41) is 5.53. The molecule has 186 valence electrons. The number of piperidine rings is 1. The van der Waals surface area contributed by atoms with E-state index in [2.05, 4.69) is 51.9 Å². The van der Waals surface area contributed by atoms with Gasteiger partial charge in [-0.15, -0.1) is 0 Å². The summed E-state index contributed by atoms with van der Waals surface area (Å²) in [7, 11) is 0. The van der Waals surface area contributed by atoms with E-state index in [1.54, 1.807) is 0 Å². The molecule has 3 aromatic carbocycles. The van der Waals surface area contributed by atoms with E-state index in [1.165, 1.54) is 11.1 Å². The highest BCUT2D eigenvalue weighted by Crippen LogP contribution is 2.35. The first-order valence-electron chi connectivity index (χ1n) is 12.8. The molecule has 36 heavy (non-hydrogen) atoms. The molecule has 6 heteroatoms. The highest BCUT2D eigenvalue weighted by molar-refractivity contribution is 6.07. The van der Waals surface area contributed by atoms with Crippen LogP contribution in [0.4, 0.5) is 4.79 Å². The number of ether oxygens (including phenoxy) is 1. The van der Waals surface area contributed by atoms with Crippen LogP contribution >= 0.6 is 0 Å². The Labute approximate surface area is 212 Å². The molecule has 2 heterocycles. The van der Waals surface area contributed by atoms with Crippen LogP contribution in [0.2, 0.25) is 0 Å². The number of benzene rings is 3. The van der Waals surface area contributed by atoms with Gasteiger partial charge in [-0.3, -0.25) is 15.0 Å². The standard InChI is InChI=1S/C30H33N3O3/c34-28-30(32-29(35)31-28,17-14-23-8-3-1-4-9-23)26-15-18-33(19-16-26)21-25-12-7-13-27(20-25)36-22-24-10-5-2-6-11-24/h1-13,20,26H,14-19,21-22H2,(H2,31,32,34,35)/t30-/m1/s1. The molecule has 0 saturated carbocycles. The molecule has 2 fully saturated rings. The number of nitrogens with zero attached hydrogens (tertiary/aromatic N) is 1. The van der Waals surface area contributed by atoms with Gasteiger partial charge in [0.25, 0.3) is 5.91 Å². The first-order valence-corrected chi connectivity index (χ1v) is 12.8. The van der Waals surface area contributed by atoms with Crippen LogP contribution in [0.1, 0.15) is 36.0 Å². The minimum atomic E-state index is -0.829. The summed E-state index contributed by atoms with van der Waals surface area (Å²) >= 11 is 0. The molecule has 2 aliphatic rings. The maximum absolute atomic E-state index is 13.0. The Bertz CT molecular complexity index is 1180. The molecule has 0 bridgehead atoms. The van der Waals surface area contributed by atoms with Gasteiger partial charge in [0.05, 0.1) is 0 Å². The lowest BCUT2D eigenvalue weighted by atomic mass is 9.74. The average Bonchev–Trinajstić information content (AvgIpc) is 3.21. The molecule has 2 saturated heterocycles. The van der Waals surface area contributed by atoms with E-state index in [0.717, 1.165) is 50.2 Å². The van der Waals surface area contributed by atoms with Crippen molar-refractivity contribution >= 4 is 11.9 Å². The Hall–Kier alpha value is -3.64. The number of imide groups is 1. The second-order valence-electron chi connectivity index (χ2n) is 9.84. The maximum atomic E-state index is 13.0. The van der Waals surface area contributed by atoms with Gasteiger partial charge in [0.1, 0.15) is 17.9 Å². The monoisotopic (exact) mass is 483 g/mol. The van der Waals surface area contributed by atoms with Crippen LogP contribution in [-0.2, 0) is 24.4 Å². The van der Waals surface area contributed by atoms with Crippen LogP contribution in [0.3, 0.4) is 0 Å². The zero-order valence-corrected chi connectivity index (χ0v) is 20.5. The lowest BCUT2D eigenvalue weighted by Crippen LogP contribution is -2.56. The van der Waals surface area contributed by atoms with Gasteiger partial charge in [-0.05, 0) is 73.5 Å². The van der Waals surface area contributed by atoms with E-state index < -0.39 is 5.54 Å². The van der Waals surface area contributed by atoms with Gasteiger partial charge in [0.2, 0.25) is 0 Å². The topological polar surface area (TPSA) is 70.7 Å². The molecule has 3 amide bonds. The van der Waals surface area contributed by atoms with Crippen molar-refractivity contribution < 1.29 is 14.3 Å². The lowest BCUT2D eigenvalue weighted by Gasteiger charge is -2.40. The molecule has 0 radical (unpaired) electrons. The number of amides is 3. The molecule has 2 aliphatic heterocycles. The number of hydrogen-bond donors (Lipinski definition) is 2. The zero-order chi connectivity index (χ0) is 24.8. The number of urea groups is 1. The van der Waals surface area contributed by atoms with Crippen molar-refractivity contribution in [3.8, 4) is 5.75 Å². The maximum Gasteiger partial charge on any atom is 0.322 e. The van der Waals surface area contributed by atoms with Crippen LogP contribution in [0.5, 0.6) is 5.75 Å². The molecule has 0 unspecified atom stereocenters. The Kier molecular flexibility index (Phi) is 7.33. The lowest BCUT2D eigenvalue weighted by molar-refractivity contribution is -0.127. The molecule has 1 atom stereocenters. The van der Waals surface area contributed by atoms with Gasteiger partial charge in [0.15, 0.2) is 0 Å². The van der Waals surface area contributed by atoms with Crippen molar-refractivity contribution in [1.29, 1.82) is 0 Å². The van der Waals surface area contributed by atoms with E-state index in [4.69, 9.17) is 4.74 Å². The number of likely N-dealkylation sites (tertiary alicyclic amines) is 1. The second kappa shape index (κ2) is 11.0. The summed E-state index contributed by atoms with van der Waals surface area (Å²) in [5.74, 6) is 0.811. The first kappa shape index (κ1) is 24.1. The number of rotatable bonds is 9. The van der Waals surface area contributed by atoms with E-state index in [0.29, 0.717) is 13.0 Å². The fourth-order valence-corrected chi connectivity index (χ4v) is 5.48. The Balaban J connectivity index is 1.18. The van der Waals surface area contributed by atoms with E-state index in [9.17, 15) is 9.59 Å². The van der Waals surface area contributed by atoms with Crippen molar-refractivity contribution in [2.75, 3.05) is 13.1 Å². The molecule has 0 aromatic heterocycles. The minimum Gasteiger partial charge on any atom is -0.489 e. The molecular formula is C30H33N3O3. The van der Waals surface area contributed by atoms with Gasteiger partial charge in [-0.25, -0.2) is 4.79 Å². The Morgan fingerprint density at radius 1 is 0.833 bits per heavy atom. The third-order valence-electron chi connectivity index (χ3n) is 7.46. The normalized spacial score (nSPS) is 20.7. The quantitative estimate of drug-likeness (QED) is 0.433. The Morgan fingerprint density at radius 2 is 1.50 bits per heavy atom. The molecule has 3 aromatic rings. The molecule has 6 nitrogen and oxygen atoms in total. The predicted octanol–water partition coefficient (Wildman–Crippen LogP) is 4.69. The van der Waals surface area contributed by atoms with Crippen molar-refractivity contribution in [2.24, 2.45) is 5.92 Å². The van der Waals surface area contributed by atoms with Crippen molar-refractivity contribution in [1.82, 2.24) is 15.5 Å². The number of carbonyl (C=O) groups excluding carboxylic acids is 2. The van der Waals surface area contributed by atoms with Crippen molar-refractivity contribution in [3.05, 3.63) is 102 Å². The van der Waals surface area contributed by atoms with Crippen molar-refractivity contribution in [3.63, 3.8) is 0 Å². The fourth-order valence-electron chi connectivity index (χ4n) is 5.48. The summed E-state index contributed by atoms with van der Waals surface area (Å²) in [5.41, 5.74) is 2.71. The summed E-state index contributed by atoms with van der Waals surface area (Å²) in [6.07, 6.45) is 3.10.